The average Bonchev–Trinajstić information content (AvgIpc) is 3.18. The van der Waals surface area contributed by atoms with E-state index in [4.69, 9.17) is 4.99 Å². The molecule has 1 aromatic rings. The lowest BCUT2D eigenvalue weighted by atomic mass is 10.1. The minimum atomic E-state index is 0.292. The van der Waals surface area contributed by atoms with Crippen LogP contribution >= 0.6 is 0 Å². The molecule has 0 radical (unpaired) electrons. The van der Waals surface area contributed by atoms with Gasteiger partial charge in [0.15, 0.2) is 5.96 Å². The number of amides is 1. The Labute approximate surface area is 181 Å². The molecule has 0 aromatic carbocycles. The lowest BCUT2D eigenvalue weighted by Gasteiger charge is -2.37. The van der Waals surface area contributed by atoms with Gasteiger partial charge >= 0.3 is 0 Å². The molecule has 0 saturated carbocycles. The van der Waals surface area contributed by atoms with Gasteiger partial charge in [0.2, 0.25) is 5.91 Å². The summed E-state index contributed by atoms with van der Waals surface area (Å²) in [6.45, 7) is 14.9. The van der Waals surface area contributed by atoms with Crippen LogP contribution in [0.25, 0.3) is 0 Å². The molecule has 0 aliphatic carbocycles. The lowest BCUT2D eigenvalue weighted by molar-refractivity contribution is -0.133. The largest absolute Gasteiger partial charge is 0.357 e. The average molecular weight is 418 g/mol. The summed E-state index contributed by atoms with van der Waals surface area (Å²) in [7, 11) is 0. The van der Waals surface area contributed by atoms with Gasteiger partial charge < -0.3 is 19.7 Å². The van der Waals surface area contributed by atoms with E-state index in [0.717, 1.165) is 77.0 Å². The van der Waals surface area contributed by atoms with Gasteiger partial charge in [0, 0.05) is 64.8 Å². The molecule has 2 fully saturated rings. The van der Waals surface area contributed by atoms with Crippen LogP contribution in [-0.2, 0) is 17.9 Å². The monoisotopic (exact) mass is 417 g/mol. The van der Waals surface area contributed by atoms with Gasteiger partial charge in [0.1, 0.15) is 12.4 Å². The van der Waals surface area contributed by atoms with Crippen LogP contribution in [0, 0.1) is 5.92 Å². The fourth-order valence-corrected chi connectivity index (χ4v) is 4.18. The van der Waals surface area contributed by atoms with E-state index in [-0.39, 0.29) is 0 Å². The van der Waals surface area contributed by atoms with Crippen molar-refractivity contribution in [3.63, 3.8) is 0 Å². The normalized spacial score (nSPS) is 18.9. The van der Waals surface area contributed by atoms with Crippen LogP contribution in [0.3, 0.4) is 0 Å². The van der Waals surface area contributed by atoms with E-state index in [9.17, 15) is 4.79 Å². The zero-order valence-electron chi connectivity index (χ0n) is 19.0. The smallest absolute Gasteiger partial charge is 0.236 e. The summed E-state index contributed by atoms with van der Waals surface area (Å²) in [4.78, 5) is 28.5. The number of aliphatic imine (C=N–C) groups is 1. The van der Waals surface area contributed by atoms with Crippen LogP contribution in [0.5, 0.6) is 0 Å². The highest BCUT2D eigenvalue weighted by molar-refractivity contribution is 5.80. The summed E-state index contributed by atoms with van der Waals surface area (Å²) in [6, 6.07) is 0. The second-order valence-electron chi connectivity index (χ2n) is 8.76. The SMILES string of the molecule is CCNC(=NCc1nccn1CC(C)C)N1CCN(CC(=O)N2CCCCC2)CC1. The number of hydrogen-bond acceptors (Lipinski definition) is 4. The van der Waals surface area contributed by atoms with Crippen LogP contribution in [-0.4, -0.2) is 88.5 Å². The number of nitrogens with one attached hydrogen (secondary N) is 1. The summed E-state index contributed by atoms with van der Waals surface area (Å²) >= 11 is 0. The van der Waals surface area contributed by atoms with E-state index in [0.29, 0.717) is 24.9 Å². The number of carbonyl (C=O) groups is 1. The molecule has 168 valence electrons. The number of likely N-dealkylation sites (tertiary alicyclic amines) is 1. The van der Waals surface area contributed by atoms with Gasteiger partial charge in [-0.2, -0.15) is 0 Å². The van der Waals surface area contributed by atoms with Gasteiger partial charge in [-0.25, -0.2) is 9.98 Å². The second-order valence-corrected chi connectivity index (χ2v) is 8.76. The first-order valence-electron chi connectivity index (χ1n) is 11.6. The number of piperidine rings is 1. The van der Waals surface area contributed by atoms with Crippen molar-refractivity contribution < 1.29 is 4.79 Å². The Kier molecular flexibility index (Phi) is 8.54. The number of nitrogens with zero attached hydrogens (tertiary/aromatic N) is 6. The molecule has 1 amide bonds. The fourth-order valence-electron chi connectivity index (χ4n) is 4.18. The summed E-state index contributed by atoms with van der Waals surface area (Å²) in [5.41, 5.74) is 0. The van der Waals surface area contributed by atoms with E-state index in [1.54, 1.807) is 0 Å². The Morgan fingerprint density at radius 3 is 2.50 bits per heavy atom. The Balaban J connectivity index is 1.52. The predicted octanol–water partition coefficient (Wildman–Crippen LogP) is 1.63. The molecule has 2 aliphatic rings. The molecule has 1 aromatic heterocycles. The highest BCUT2D eigenvalue weighted by Crippen LogP contribution is 2.11. The van der Waals surface area contributed by atoms with Crippen molar-refractivity contribution in [3.8, 4) is 0 Å². The Morgan fingerprint density at radius 2 is 1.83 bits per heavy atom. The number of aromatic nitrogens is 2. The molecule has 1 N–H and O–H groups in total. The third-order valence-corrected chi connectivity index (χ3v) is 5.81. The molecule has 0 bridgehead atoms. The van der Waals surface area contributed by atoms with E-state index < -0.39 is 0 Å². The molecular formula is C22H39N7O. The van der Waals surface area contributed by atoms with Crippen LogP contribution in [0.4, 0.5) is 0 Å². The quantitative estimate of drug-likeness (QED) is 0.540. The maximum atomic E-state index is 12.6. The molecule has 0 spiro atoms. The van der Waals surface area contributed by atoms with Crippen molar-refractivity contribution in [2.75, 3.05) is 52.4 Å². The molecule has 3 rings (SSSR count). The number of imidazole rings is 1. The van der Waals surface area contributed by atoms with Crippen molar-refractivity contribution in [1.29, 1.82) is 0 Å². The highest BCUT2D eigenvalue weighted by Gasteiger charge is 2.24. The van der Waals surface area contributed by atoms with Crippen LogP contribution < -0.4 is 5.32 Å². The Morgan fingerprint density at radius 1 is 1.10 bits per heavy atom. The van der Waals surface area contributed by atoms with Crippen molar-refractivity contribution in [2.45, 2.75) is 53.1 Å². The third kappa shape index (κ3) is 6.45. The van der Waals surface area contributed by atoms with Gasteiger partial charge in [-0.1, -0.05) is 13.8 Å². The standard InChI is InChI=1S/C22H39N7O/c1-4-23-22(25-16-20-24-8-11-29(20)17-19(2)3)28-14-12-26(13-15-28)18-21(30)27-9-6-5-7-10-27/h8,11,19H,4-7,9-10,12-18H2,1-3H3,(H,23,25). The molecule has 8 nitrogen and oxygen atoms in total. The lowest BCUT2D eigenvalue weighted by Crippen LogP contribution is -2.54. The van der Waals surface area contributed by atoms with Crippen molar-refractivity contribution in [1.82, 2.24) is 29.6 Å². The van der Waals surface area contributed by atoms with Crippen LogP contribution in [0.1, 0.15) is 45.9 Å². The highest BCUT2D eigenvalue weighted by atomic mass is 16.2. The summed E-state index contributed by atoms with van der Waals surface area (Å²) in [5, 5.41) is 3.43. The molecule has 3 heterocycles. The van der Waals surface area contributed by atoms with Crippen molar-refractivity contribution in [3.05, 3.63) is 18.2 Å². The number of piperazine rings is 1. The predicted molar refractivity (Wildman–Crippen MR) is 120 cm³/mol. The molecule has 30 heavy (non-hydrogen) atoms. The number of rotatable bonds is 7. The molecule has 2 aliphatic heterocycles. The van der Waals surface area contributed by atoms with E-state index >= 15 is 0 Å². The zero-order valence-corrected chi connectivity index (χ0v) is 19.0. The minimum absolute atomic E-state index is 0.292. The first-order chi connectivity index (χ1) is 14.6. The van der Waals surface area contributed by atoms with Crippen LogP contribution in [0.15, 0.2) is 17.4 Å². The first-order valence-corrected chi connectivity index (χ1v) is 11.6. The topological polar surface area (TPSA) is 69.0 Å². The molecule has 2 saturated heterocycles. The van der Waals surface area contributed by atoms with E-state index in [1.807, 2.05) is 17.3 Å². The summed E-state index contributed by atoms with van der Waals surface area (Å²) in [6.07, 6.45) is 7.45. The van der Waals surface area contributed by atoms with Crippen LogP contribution in [0.2, 0.25) is 0 Å². The maximum absolute atomic E-state index is 12.6. The fraction of sp³-hybridized carbons (Fsp3) is 0.773. The molecular weight excluding hydrogens is 378 g/mol. The van der Waals surface area contributed by atoms with Crippen molar-refractivity contribution in [2.24, 2.45) is 10.9 Å². The minimum Gasteiger partial charge on any atom is -0.357 e. The number of guanidine groups is 1. The second kappa shape index (κ2) is 11.3. The molecule has 0 unspecified atom stereocenters. The number of hydrogen-bond donors (Lipinski definition) is 1. The van der Waals surface area contributed by atoms with Gasteiger partial charge in [-0.3, -0.25) is 9.69 Å². The van der Waals surface area contributed by atoms with Gasteiger partial charge in [0.05, 0.1) is 6.54 Å². The van der Waals surface area contributed by atoms with Gasteiger partial charge in [-0.05, 0) is 32.1 Å². The van der Waals surface area contributed by atoms with E-state index in [1.165, 1.54) is 6.42 Å². The first kappa shape index (κ1) is 22.6. The van der Waals surface area contributed by atoms with Crippen molar-refractivity contribution >= 4 is 11.9 Å². The Bertz CT molecular complexity index is 685. The van der Waals surface area contributed by atoms with E-state index in [2.05, 4.69) is 45.4 Å². The molecule has 8 heteroatoms. The summed E-state index contributed by atoms with van der Waals surface area (Å²) in [5.74, 6) is 2.82. The molecule has 0 atom stereocenters. The van der Waals surface area contributed by atoms with Gasteiger partial charge in [0.25, 0.3) is 0 Å². The Hall–Kier alpha value is -2.09. The third-order valence-electron chi connectivity index (χ3n) is 5.81. The maximum Gasteiger partial charge on any atom is 0.236 e. The zero-order chi connectivity index (χ0) is 21.3. The number of carbonyl (C=O) groups excluding carboxylic acids is 1. The summed E-state index contributed by atoms with van der Waals surface area (Å²) < 4.78 is 2.20. The van der Waals surface area contributed by atoms with Gasteiger partial charge in [-0.15, -0.1) is 0 Å².